The first-order chi connectivity index (χ1) is 3.62. The highest BCUT2D eigenvalue weighted by atomic mass is 19.1. The summed E-state index contributed by atoms with van der Waals surface area (Å²) in [6, 6.07) is 0. The molecule has 0 N–H and O–H groups in total. The van der Waals surface area contributed by atoms with Gasteiger partial charge in [0.05, 0.1) is 6.67 Å². The molecule has 0 rings (SSSR count). The van der Waals surface area contributed by atoms with E-state index in [0.29, 0.717) is 6.42 Å². The van der Waals surface area contributed by atoms with Crippen LogP contribution < -0.4 is 0 Å². The molecule has 0 saturated carbocycles. The molecule has 0 aliphatic heterocycles. The van der Waals surface area contributed by atoms with Gasteiger partial charge in [0.1, 0.15) is 6.29 Å². The molecule has 0 aromatic rings. The van der Waals surface area contributed by atoms with Gasteiger partial charge in [-0.05, 0) is 6.42 Å². The van der Waals surface area contributed by atoms with E-state index in [-0.39, 0.29) is 0 Å². The summed E-state index contributed by atoms with van der Waals surface area (Å²) in [4.78, 5) is 10.0. The third-order valence-corrected chi connectivity index (χ3v) is 1.06. The van der Waals surface area contributed by atoms with Crippen LogP contribution in [0.25, 0.3) is 0 Å². The van der Waals surface area contributed by atoms with Gasteiger partial charge in [-0.1, -0.05) is 13.8 Å². The molecule has 0 unspecified atom stereocenters. The van der Waals surface area contributed by atoms with Crippen molar-refractivity contribution in [2.24, 2.45) is 5.41 Å². The molecule has 0 atom stereocenters. The van der Waals surface area contributed by atoms with Crippen molar-refractivity contribution in [3.63, 3.8) is 0 Å². The number of rotatable bonds is 3. The molecule has 0 spiro atoms. The van der Waals surface area contributed by atoms with Gasteiger partial charge in [0.15, 0.2) is 0 Å². The first kappa shape index (κ1) is 7.60. The van der Waals surface area contributed by atoms with Crippen LogP contribution in [0.1, 0.15) is 20.3 Å². The van der Waals surface area contributed by atoms with Gasteiger partial charge in [0.2, 0.25) is 0 Å². The molecule has 8 heavy (non-hydrogen) atoms. The molecule has 2 heteroatoms. The Kier molecular flexibility index (Phi) is 2.66. The maximum absolute atomic E-state index is 11.5. The van der Waals surface area contributed by atoms with Crippen LogP contribution in [0.3, 0.4) is 0 Å². The Hall–Kier alpha value is -0.400. The minimum absolute atomic E-state index is 0.330. The average Bonchev–Trinajstić information content (AvgIpc) is 1.67. The lowest BCUT2D eigenvalue weighted by molar-refractivity contribution is -0.115. The normalized spacial score (nSPS) is 11.4. The van der Waals surface area contributed by atoms with Gasteiger partial charge in [0, 0.05) is 5.41 Å². The number of alkyl halides is 1. The minimum Gasteiger partial charge on any atom is -0.303 e. The maximum Gasteiger partial charge on any atom is 0.125 e. The zero-order chi connectivity index (χ0) is 6.62. The van der Waals surface area contributed by atoms with Gasteiger partial charge >= 0.3 is 0 Å². The summed E-state index contributed by atoms with van der Waals surface area (Å²) in [6.07, 6.45) is 1.11. The molecule has 0 aromatic heterocycles. The molecule has 0 aliphatic rings. The Balaban J connectivity index is 3.53. The third-order valence-electron chi connectivity index (χ3n) is 1.06. The summed E-state index contributed by atoms with van der Waals surface area (Å²) >= 11 is 0. The van der Waals surface area contributed by atoms with Gasteiger partial charge in [-0.2, -0.15) is 0 Å². The van der Waals surface area contributed by atoms with Crippen LogP contribution >= 0.6 is 0 Å². The lowest BCUT2D eigenvalue weighted by atomic mass is 9.92. The van der Waals surface area contributed by atoms with Crippen LogP contribution in [0.4, 0.5) is 4.39 Å². The lowest BCUT2D eigenvalue weighted by Crippen LogP contribution is -2.13. The maximum atomic E-state index is 11.5. The molecule has 1 nitrogen and oxygen atoms in total. The van der Waals surface area contributed by atoms with Crippen molar-refractivity contribution in [3.8, 4) is 0 Å². The van der Waals surface area contributed by atoms with E-state index >= 15 is 0 Å². The largest absolute Gasteiger partial charge is 0.303 e. The van der Waals surface area contributed by atoms with Crippen LogP contribution in [0.5, 0.6) is 0 Å². The predicted molar refractivity (Wildman–Crippen MR) is 30.4 cm³/mol. The molecule has 0 aromatic carbocycles. The van der Waals surface area contributed by atoms with Crippen LogP contribution in [0, 0.1) is 5.41 Å². The second-order valence-corrected chi connectivity index (χ2v) is 2.55. The van der Waals surface area contributed by atoms with Crippen molar-refractivity contribution in [1.29, 1.82) is 0 Å². The van der Waals surface area contributed by atoms with Crippen molar-refractivity contribution in [2.75, 3.05) is 6.67 Å². The SMILES string of the molecule is CC(C)(C=O)CCF. The quantitative estimate of drug-likeness (QED) is 0.514. The topological polar surface area (TPSA) is 17.1 Å². The standard InChI is InChI=1S/C6H11FO/c1-6(2,5-8)3-4-7/h5H,3-4H2,1-2H3. The zero-order valence-corrected chi connectivity index (χ0v) is 5.28. The number of hydrogen-bond acceptors (Lipinski definition) is 1. The fourth-order valence-corrected chi connectivity index (χ4v) is 0.302. The van der Waals surface area contributed by atoms with Crippen LogP contribution in [0.2, 0.25) is 0 Å². The highest BCUT2D eigenvalue weighted by Gasteiger charge is 2.14. The zero-order valence-electron chi connectivity index (χ0n) is 5.28. The Morgan fingerprint density at radius 1 is 1.62 bits per heavy atom. The Bertz CT molecular complexity index is 78.6. The molecule has 0 saturated heterocycles. The summed E-state index contributed by atoms with van der Waals surface area (Å²) in [5, 5.41) is 0. The van der Waals surface area contributed by atoms with Crippen LogP contribution in [-0.2, 0) is 4.79 Å². The second-order valence-electron chi connectivity index (χ2n) is 2.55. The molecular formula is C6H11FO. The van der Waals surface area contributed by atoms with E-state index in [9.17, 15) is 9.18 Å². The second kappa shape index (κ2) is 2.80. The summed E-state index contributed by atoms with van der Waals surface area (Å²) < 4.78 is 11.5. The molecule has 0 radical (unpaired) electrons. The van der Waals surface area contributed by atoms with Crippen LogP contribution in [0.15, 0.2) is 0 Å². The summed E-state index contributed by atoms with van der Waals surface area (Å²) in [5.74, 6) is 0. The molecule has 0 fully saturated rings. The van der Waals surface area contributed by atoms with E-state index in [1.165, 1.54) is 0 Å². The van der Waals surface area contributed by atoms with Gasteiger partial charge < -0.3 is 4.79 Å². The summed E-state index contributed by atoms with van der Waals surface area (Å²) in [5.41, 5.74) is -0.464. The van der Waals surface area contributed by atoms with E-state index in [1.807, 2.05) is 0 Å². The van der Waals surface area contributed by atoms with E-state index in [4.69, 9.17) is 0 Å². The molecular weight excluding hydrogens is 107 g/mol. The van der Waals surface area contributed by atoms with Crippen LogP contribution in [-0.4, -0.2) is 13.0 Å². The number of carbonyl (C=O) groups is 1. The average molecular weight is 118 g/mol. The van der Waals surface area contributed by atoms with E-state index in [1.54, 1.807) is 13.8 Å². The number of carbonyl (C=O) groups excluding carboxylic acids is 1. The van der Waals surface area contributed by atoms with Crippen molar-refractivity contribution in [2.45, 2.75) is 20.3 Å². The highest BCUT2D eigenvalue weighted by molar-refractivity contribution is 5.57. The molecule has 0 heterocycles. The van der Waals surface area contributed by atoms with Crippen molar-refractivity contribution < 1.29 is 9.18 Å². The minimum atomic E-state index is -0.464. The van der Waals surface area contributed by atoms with E-state index in [2.05, 4.69) is 0 Å². The fourth-order valence-electron chi connectivity index (χ4n) is 0.302. The first-order valence-electron chi connectivity index (χ1n) is 2.65. The Morgan fingerprint density at radius 3 is 2.25 bits per heavy atom. The predicted octanol–water partition coefficient (Wildman–Crippen LogP) is 1.57. The van der Waals surface area contributed by atoms with Crippen molar-refractivity contribution >= 4 is 6.29 Å². The number of halogens is 1. The fraction of sp³-hybridized carbons (Fsp3) is 0.833. The Labute approximate surface area is 48.9 Å². The summed E-state index contributed by atoms with van der Waals surface area (Å²) in [7, 11) is 0. The van der Waals surface area contributed by atoms with Crippen molar-refractivity contribution in [3.05, 3.63) is 0 Å². The van der Waals surface area contributed by atoms with Gasteiger partial charge in [-0.25, -0.2) is 0 Å². The van der Waals surface area contributed by atoms with Gasteiger partial charge in [-0.3, -0.25) is 4.39 Å². The third kappa shape index (κ3) is 2.72. The summed E-state index contributed by atoms with van der Waals surface area (Å²) in [6.45, 7) is 3.03. The Morgan fingerprint density at radius 2 is 2.12 bits per heavy atom. The lowest BCUT2D eigenvalue weighted by Gasteiger charge is -2.12. The molecule has 0 bridgehead atoms. The monoisotopic (exact) mass is 118 g/mol. The first-order valence-corrected chi connectivity index (χ1v) is 2.65. The molecule has 48 valence electrons. The van der Waals surface area contributed by atoms with E-state index < -0.39 is 12.1 Å². The number of aldehydes is 1. The number of hydrogen-bond donors (Lipinski definition) is 0. The van der Waals surface area contributed by atoms with Gasteiger partial charge in [-0.15, -0.1) is 0 Å². The highest BCUT2D eigenvalue weighted by Crippen LogP contribution is 2.15. The molecule has 0 aliphatic carbocycles. The van der Waals surface area contributed by atoms with Gasteiger partial charge in [0.25, 0.3) is 0 Å². The van der Waals surface area contributed by atoms with Crippen molar-refractivity contribution in [1.82, 2.24) is 0 Å². The molecule has 0 amide bonds. The van der Waals surface area contributed by atoms with E-state index in [0.717, 1.165) is 6.29 Å². The smallest absolute Gasteiger partial charge is 0.125 e.